The topological polar surface area (TPSA) is 46.2 Å². The van der Waals surface area contributed by atoms with Gasteiger partial charge in [-0.25, -0.2) is 17.6 Å². The third-order valence-electron chi connectivity index (χ3n) is 9.95. The van der Waals surface area contributed by atoms with Gasteiger partial charge in [-0.1, -0.05) is 82.8 Å². The van der Waals surface area contributed by atoms with Gasteiger partial charge in [0, 0.05) is 10.8 Å². The molecule has 8 rings (SSSR count). The Morgan fingerprint density at radius 1 is 0.489 bits per heavy atom. The molecule has 1 saturated heterocycles. The van der Waals surface area contributed by atoms with Crippen molar-refractivity contribution in [3.05, 3.63) is 151 Å². The highest BCUT2D eigenvalue weighted by Crippen LogP contribution is 2.74. The Kier molecular flexibility index (Phi) is 6.78. The Morgan fingerprint density at radius 3 is 1.07 bits per heavy atom. The predicted octanol–water partition coefficient (Wildman–Crippen LogP) is 8.93. The zero-order valence-corrected chi connectivity index (χ0v) is 25.9. The van der Waals surface area contributed by atoms with Crippen molar-refractivity contribution in [2.24, 2.45) is 0 Å². The number of amides is 2. The first-order valence-electron chi connectivity index (χ1n) is 13.7. The van der Waals surface area contributed by atoms with Gasteiger partial charge in [0.1, 0.15) is 34.1 Å². The van der Waals surface area contributed by atoms with Crippen molar-refractivity contribution in [1.29, 1.82) is 0 Å². The van der Waals surface area contributed by atoms with Gasteiger partial charge in [0.05, 0.1) is 20.1 Å². The summed E-state index contributed by atoms with van der Waals surface area (Å²) in [5.74, 6) is -4.48. The number of benzene rings is 4. The largest absolute Gasteiger partial charge is 0.295 e. The van der Waals surface area contributed by atoms with Crippen LogP contribution in [0.4, 0.5) is 17.6 Å². The van der Waals surface area contributed by atoms with Crippen molar-refractivity contribution >= 4 is 58.2 Å². The molecule has 2 amide bonds. The molecule has 0 aromatic heterocycles. The first kappa shape index (κ1) is 30.3. The number of halogens is 8. The number of fused-ring (bicyclic) bond motifs is 1. The van der Waals surface area contributed by atoms with Crippen molar-refractivity contribution in [3.63, 3.8) is 0 Å². The molecule has 1 saturated carbocycles. The molecule has 2 fully saturated rings. The lowest BCUT2D eigenvalue weighted by Gasteiger charge is -2.67. The molecule has 4 unspecified atom stereocenters. The molecule has 1 aliphatic heterocycles. The summed E-state index contributed by atoms with van der Waals surface area (Å²) in [4.78, 5) is 29.8. The second-order valence-corrected chi connectivity index (χ2v) is 13.2. The Hall–Kier alpha value is -3.36. The van der Waals surface area contributed by atoms with E-state index in [2.05, 4.69) is 5.32 Å². The molecule has 4 aromatic rings. The molecule has 1 heterocycles. The summed E-state index contributed by atoms with van der Waals surface area (Å²) in [5, 5.41) is 1.44. The lowest BCUT2D eigenvalue weighted by Crippen LogP contribution is -2.75. The van der Waals surface area contributed by atoms with Gasteiger partial charge in [-0.3, -0.25) is 14.9 Å². The first-order chi connectivity index (χ1) is 21.4. The number of hydrogen-bond donors (Lipinski definition) is 1. The van der Waals surface area contributed by atoms with E-state index in [1.165, 1.54) is 48.5 Å². The molecule has 11 heteroatoms. The summed E-state index contributed by atoms with van der Waals surface area (Å²) in [6.07, 6.45) is 3.87. The van der Waals surface area contributed by atoms with E-state index in [1.807, 2.05) is 0 Å². The van der Waals surface area contributed by atoms with Gasteiger partial charge in [0.25, 0.3) is 0 Å². The summed E-state index contributed by atoms with van der Waals surface area (Å²) in [6, 6.07) is 15.5. The number of imide groups is 1. The maximum absolute atomic E-state index is 14.9. The minimum Gasteiger partial charge on any atom is -0.295 e. The second-order valence-electron chi connectivity index (χ2n) is 11.6. The van der Waals surface area contributed by atoms with Crippen molar-refractivity contribution in [2.75, 3.05) is 0 Å². The van der Waals surface area contributed by atoms with Gasteiger partial charge in [0.2, 0.25) is 11.8 Å². The minimum atomic E-state index is -2.00. The van der Waals surface area contributed by atoms with Crippen LogP contribution in [-0.4, -0.2) is 11.8 Å². The summed E-state index contributed by atoms with van der Waals surface area (Å²) < 4.78 is 58.6. The summed E-state index contributed by atoms with van der Waals surface area (Å²) >= 11 is 25.3. The van der Waals surface area contributed by atoms with Gasteiger partial charge in [0.15, 0.2) is 0 Å². The molecule has 4 aliphatic rings. The number of rotatable bonds is 4. The number of allylic oxidation sites excluding steroid dienone is 2. The first-order valence-corrected chi connectivity index (χ1v) is 15.3. The van der Waals surface area contributed by atoms with Gasteiger partial charge in [-0.15, -0.1) is 0 Å². The zero-order valence-electron chi connectivity index (χ0n) is 22.8. The molecule has 1 N–H and O–H groups in total. The zero-order chi connectivity index (χ0) is 32.1. The SMILES string of the molecule is O=C1NC(=O)C2(c3ccc(F)c(Cl)c3)C3(c4ccc(F)c(Cl)c4)C=CC(c4ccc(F)c(Cl)c4)(CC3)C12c1ccc(F)c(Cl)c1. The van der Waals surface area contributed by atoms with Crippen molar-refractivity contribution in [3.8, 4) is 0 Å². The third kappa shape index (κ3) is 3.61. The predicted molar refractivity (Wildman–Crippen MR) is 164 cm³/mol. The highest BCUT2D eigenvalue weighted by Gasteiger charge is 2.84. The molecular formula is C34H19Cl4F4NO2. The van der Waals surface area contributed by atoms with Crippen LogP contribution in [0.2, 0.25) is 20.1 Å². The normalized spacial score (nSPS) is 28.4. The Labute approximate surface area is 274 Å². The lowest BCUT2D eigenvalue weighted by atomic mass is 9.30. The fourth-order valence-corrected chi connectivity index (χ4v) is 9.03. The quantitative estimate of drug-likeness (QED) is 0.132. The number of hydrogen-bond acceptors (Lipinski definition) is 2. The van der Waals surface area contributed by atoms with Crippen molar-refractivity contribution in [2.45, 2.75) is 34.5 Å². The summed E-state index contributed by atoms with van der Waals surface area (Å²) in [5.41, 5.74) is -5.78. The van der Waals surface area contributed by atoms with Gasteiger partial charge in [-0.05, 0) is 83.6 Å². The molecule has 0 radical (unpaired) electrons. The van der Waals surface area contributed by atoms with Crippen LogP contribution in [0.3, 0.4) is 0 Å². The van der Waals surface area contributed by atoms with E-state index in [-0.39, 0.29) is 44.1 Å². The Bertz CT molecular complexity index is 1880. The van der Waals surface area contributed by atoms with Crippen LogP contribution in [0.15, 0.2) is 84.9 Å². The molecule has 3 aliphatic carbocycles. The third-order valence-corrected chi connectivity index (χ3v) is 11.1. The fraction of sp³-hybridized carbons (Fsp3) is 0.176. The highest BCUT2D eigenvalue weighted by atomic mass is 35.5. The average molecular weight is 691 g/mol. The molecular weight excluding hydrogens is 672 g/mol. The van der Waals surface area contributed by atoms with Crippen LogP contribution in [0, 0.1) is 23.3 Å². The van der Waals surface area contributed by atoms with E-state index in [0.29, 0.717) is 11.1 Å². The van der Waals surface area contributed by atoms with Crippen LogP contribution in [-0.2, 0) is 31.2 Å². The number of carbonyl (C=O) groups excluding carboxylic acids is 2. The number of nitrogens with one attached hydrogen (secondary N) is 1. The van der Waals surface area contributed by atoms with Crippen molar-refractivity contribution < 1.29 is 27.2 Å². The Balaban J connectivity index is 1.74. The van der Waals surface area contributed by atoms with Crippen LogP contribution in [0.5, 0.6) is 0 Å². The molecule has 4 aromatic carbocycles. The van der Waals surface area contributed by atoms with Crippen LogP contribution >= 0.6 is 46.4 Å². The molecule has 0 spiro atoms. The van der Waals surface area contributed by atoms with Crippen molar-refractivity contribution in [1.82, 2.24) is 5.32 Å². The lowest BCUT2D eigenvalue weighted by molar-refractivity contribution is -0.134. The van der Waals surface area contributed by atoms with E-state index in [1.54, 1.807) is 12.2 Å². The molecule has 228 valence electrons. The van der Waals surface area contributed by atoms with Crippen LogP contribution < -0.4 is 5.32 Å². The van der Waals surface area contributed by atoms with Gasteiger partial charge in [-0.2, -0.15) is 0 Å². The standard InChI is InChI=1S/C34H19Cl4F4NO2/c35-21-13-17(1-5-25(21)39)31-9-11-32(12-10-31,18-2-6-26(40)22(36)14-18)34(20-4-8-28(42)24(38)16-20)30(45)43-29(44)33(31,34)19-3-7-27(41)23(37)15-19/h1-9,11,13-16H,10,12H2,(H,43,44,45). The smallest absolute Gasteiger partial charge is 0.239 e. The van der Waals surface area contributed by atoms with E-state index in [9.17, 15) is 27.2 Å². The molecule has 45 heavy (non-hydrogen) atoms. The van der Waals surface area contributed by atoms with E-state index < -0.39 is 56.7 Å². The summed E-state index contributed by atoms with van der Waals surface area (Å²) in [7, 11) is 0. The van der Waals surface area contributed by atoms with Gasteiger partial charge < -0.3 is 0 Å². The second kappa shape index (κ2) is 10.1. The van der Waals surface area contributed by atoms with Crippen LogP contribution in [0.1, 0.15) is 35.1 Å². The fourth-order valence-electron chi connectivity index (χ4n) is 8.31. The van der Waals surface area contributed by atoms with E-state index in [0.717, 1.165) is 24.3 Å². The maximum Gasteiger partial charge on any atom is 0.239 e. The minimum absolute atomic E-state index is 0.153. The monoisotopic (exact) mass is 689 g/mol. The Morgan fingerprint density at radius 2 is 0.778 bits per heavy atom. The summed E-state index contributed by atoms with van der Waals surface area (Å²) in [6.45, 7) is 0. The number of carbonyl (C=O) groups is 2. The van der Waals surface area contributed by atoms with Crippen LogP contribution in [0.25, 0.3) is 0 Å². The average Bonchev–Trinajstić information content (AvgIpc) is 3.28. The molecule has 2 bridgehead atoms. The van der Waals surface area contributed by atoms with E-state index >= 15 is 0 Å². The molecule has 3 nitrogen and oxygen atoms in total. The molecule has 4 atom stereocenters. The maximum atomic E-state index is 14.9. The van der Waals surface area contributed by atoms with Gasteiger partial charge >= 0.3 is 0 Å². The van der Waals surface area contributed by atoms with E-state index in [4.69, 9.17) is 46.4 Å². The highest BCUT2D eigenvalue weighted by molar-refractivity contribution is 6.32.